The summed E-state index contributed by atoms with van der Waals surface area (Å²) in [5.74, 6) is -0.237. The first-order valence-corrected chi connectivity index (χ1v) is 3.83. The Balaban J connectivity index is 0. The molecule has 0 aliphatic carbocycles. The number of hydrogen-bond donors (Lipinski definition) is 0. The van der Waals surface area contributed by atoms with Gasteiger partial charge >= 0.3 is 5.97 Å². The SMILES string of the molecule is [CH-]=C(C)CC(=O)OC(C)CC.[Y]. The van der Waals surface area contributed by atoms with E-state index in [-0.39, 0.29) is 51.2 Å². The molecule has 2 nitrogen and oxygen atoms in total. The van der Waals surface area contributed by atoms with Gasteiger partial charge < -0.3 is 11.3 Å². The Kier molecular flexibility index (Phi) is 9.80. The van der Waals surface area contributed by atoms with Crippen molar-refractivity contribution in [2.75, 3.05) is 0 Å². The number of carbonyl (C=O) groups excluding carboxylic acids is 1. The zero-order chi connectivity index (χ0) is 8.85. The Hall–Kier alpha value is 0.314. The second-order valence-electron chi connectivity index (χ2n) is 2.73. The van der Waals surface area contributed by atoms with E-state index in [1.54, 1.807) is 6.92 Å². The fourth-order valence-corrected chi connectivity index (χ4v) is 0.577. The molecule has 0 bridgehead atoms. The zero-order valence-electron chi connectivity index (χ0n) is 7.96. The molecule has 0 N–H and O–H groups in total. The molecule has 0 fully saturated rings. The Morgan fingerprint density at radius 2 is 2.08 bits per heavy atom. The van der Waals surface area contributed by atoms with Crippen LogP contribution in [0.2, 0.25) is 0 Å². The van der Waals surface area contributed by atoms with Crippen molar-refractivity contribution in [2.45, 2.75) is 39.7 Å². The monoisotopic (exact) mass is 244 g/mol. The summed E-state index contributed by atoms with van der Waals surface area (Å²) >= 11 is 0. The maximum absolute atomic E-state index is 10.9. The average molecular weight is 244 g/mol. The molecular weight excluding hydrogens is 229 g/mol. The molecule has 1 radical (unpaired) electrons. The van der Waals surface area contributed by atoms with Gasteiger partial charge in [-0.1, -0.05) is 13.8 Å². The van der Waals surface area contributed by atoms with Crippen LogP contribution in [0.1, 0.15) is 33.6 Å². The summed E-state index contributed by atoms with van der Waals surface area (Å²) in [6.07, 6.45) is 1.07. The van der Waals surface area contributed by atoms with E-state index in [2.05, 4.69) is 0 Å². The summed E-state index contributed by atoms with van der Waals surface area (Å²) in [5, 5.41) is 0. The van der Waals surface area contributed by atoms with Gasteiger partial charge in [0.2, 0.25) is 0 Å². The second kappa shape index (κ2) is 7.94. The van der Waals surface area contributed by atoms with Crippen molar-refractivity contribution in [3.63, 3.8) is 0 Å². The van der Waals surface area contributed by atoms with Crippen LogP contribution in [0, 0.1) is 6.58 Å². The molecule has 1 unspecified atom stereocenters. The van der Waals surface area contributed by atoms with E-state index in [1.165, 1.54) is 0 Å². The standard InChI is InChI=1S/C9H15O2.Y/c1-5-8(4)11-9(10)6-7(2)3;/h2,8H,5-6H2,1,3-4H3;/q-1;. The molecule has 0 aromatic carbocycles. The predicted molar refractivity (Wildman–Crippen MR) is 43.9 cm³/mol. The quantitative estimate of drug-likeness (QED) is 0.559. The van der Waals surface area contributed by atoms with Crippen LogP contribution in [0.4, 0.5) is 0 Å². The van der Waals surface area contributed by atoms with Crippen LogP contribution >= 0.6 is 0 Å². The molecule has 0 saturated heterocycles. The van der Waals surface area contributed by atoms with Gasteiger partial charge in [-0.25, -0.2) is 0 Å². The summed E-state index contributed by atoms with van der Waals surface area (Å²) in [5.41, 5.74) is 0.596. The fourth-order valence-electron chi connectivity index (χ4n) is 0.577. The van der Waals surface area contributed by atoms with Crippen molar-refractivity contribution in [1.82, 2.24) is 0 Å². The predicted octanol–water partition coefficient (Wildman–Crippen LogP) is 2.09. The largest absolute Gasteiger partial charge is 0.514 e. The maximum atomic E-state index is 10.9. The third-order valence-electron chi connectivity index (χ3n) is 1.33. The van der Waals surface area contributed by atoms with Gasteiger partial charge in [0.05, 0.1) is 6.10 Å². The summed E-state index contributed by atoms with van der Waals surface area (Å²) in [6.45, 7) is 10.9. The molecule has 0 aliphatic heterocycles. The van der Waals surface area contributed by atoms with E-state index in [0.717, 1.165) is 6.42 Å². The minimum atomic E-state index is -0.237. The molecule has 0 heterocycles. The number of ether oxygens (including phenoxy) is 1. The summed E-state index contributed by atoms with van der Waals surface area (Å²) in [7, 11) is 0. The van der Waals surface area contributed by atoms with E-state index in [4.69, 9.17) is 11.3 Å². The Morgan fingerprint density at radius 1 is 1.58 bits per heavy atom. The molecule has 12 heavy (non-hydrogen) atoms. The minimum absolute atomic E-state index is 0. The molecule has 3 heteroatoms. The van der Waals surface area contributed by atoms with E-state index < -0.39 is 0 Å². The van der Waals surface area contributed by atoms with Crippen molar-refractivity contribution in [1.29, 1.82) is 0 Å². The van der Waals surface area contributed by atoms with Crippen molar-refractivity contribution >= 4 is 5.97 Å². The van der Waals surface area contributed by atoms with Gasteiger partial charge in [-0.15, -0.1) is 0 Å². The maximum Gasteiger partial charge on any atom is 0.307 e. The molecule has 0 spiro atoms. The van der Waals surface area contributed by atoms with Gasteiger partial charge in [-0.05, 0) is 13.3 Å². The van der Waals surface area contributed by atoms with Crippen molar-refractivity contribution < 1.29 is 42.2 Å². The molecule has 67 valence electrons. The van der Waals surface area contributed by atoms with Crippen LogP contribution < -0.4 is 0 Å². The molecule has 0 amide bonds. The van der Waals surface area contributed by atoms with Crippen LogP contribution in [0.25, 0.3) is 0 Å². The Bertz CT molecular complexity index is 155. The molecule has 1 atom stereocenters. The normalized spacial score (nSPS) is 11.2. The first-order chi connectivity index (χ1) is 5.06. The second-order valence-corrected chi connectivity index (χ2v) is 2.73. The van der Waals surface area contributed by atoms with E-state index >= 15 is 0 Å². The first kappa shape index (κ1) is 14.8. The van der Waals surface area contributed by atoms with Gasteiger partial charge in [-0.3, -0.25) is 10.4 Å². The van der Waals surface area contributed by atoms with Gasteiger partial charge in [0, 0.05) is 39.1 Å². The Morgan fingerprint density at radius 3 is 2.42 bits per heavy atom. The molecule has 0 saturated carbocycles. The van der Waals surface area contributed by atoms with E-state index in [0.29, 0.717) is 5.57 Å². The van der Waals surface area contributed by atoms with Crippen LogP contribution in [-0.4, -0.2) is 12.1 Å². The van der Waals surface area contributed by atoms with Crippen molar-refractivity contribution in [2.24, 2.45) is 0 Å². The molecule has 0 rings (SSSR count). The van der Waals surface area contributed by atoms with Gasteiger partial charge in [-0.2, -0.15) is 0 Å². The van der Waals surface area contributed by atoms with Crippen LogP contribution in [0.15, 0.2) is 5.57 Å². The summed E-state index contributed by atoms with van der Waals surface area (Å²) in [4.78, 5) is 10.9. The molecule has 0 aliphatic rings. The minimum Gasteiger partial charge on any atom is -0.514 e. The van der Waals surface area contributed by atoms with Crippen molar-refractivity contribution in [3.05, 3.63) is 12.2 Å². The summed E-state index contributed by atoms with van der Waals surface area (Å²) < 4.78 is 4.97. The van der Waals surface area contributed by atoms with Crippen LogP contribution in [0.3, 0.4) is 0 Å². The third kappa shape index (κ3) is 8.41. The Labute approximate surface area is 99.6 Å². The van der Waals surface area contributed by atoms with Gasteiger partial charge in [0.1, 0.15) is 0 Å². The van der Waals surface area contributed by atoms with Crippen LogP contribution in [-0.2, 0) is 42.2 Å². The van der Waals surface area contributed by atoms with Crippen molar-refractivity contribution in [3.8, 4) is 0 Å². The summed E-state index contributed by atoms with van der Waals surface area (Å²) in [6, 6.07) is 0. The average Bonchev–Trinajstić information content (AvgIpc) is 1.85. The smallest absolute Gasteiger partial charge is 0.307 e. The topological polar surface area (TPSA) is 26.3 Å². The number of rotatable bonds is 4. The molecule has 0 aromatic heterocycles. The van der Waals surface area contributed by atoms with E-state index in [1.807, 2.05) is 13.8 Å². The first-order valence-electron chi connectivity index (χ1n) is 3.83. The van der Waals surface area contributed by atoms with E-state index in [9.17, 15) is 4.79 Å². The molecular formula is C9H15O2Y-. The van der Waals surface area contributed by atoms with Crippen LogP contribution in [0.5, 0.6) is 0 Å². The number of esters is 1. The molecule has 0 aromatic rings. The van der Waals surface area contributed by atoms with Gasteiger partial charge in [0.15, 0.2) is 0 Å². The van der Waals surface area contributed by atoms with Gasteiger partial charge in [0.25, 0.3) is 0 Å². The number of hydrogen-bond acceptors (Lipinski definition) is 2. The fraction of sp³-hybridized carbons (Fsp3) is 0.667. The zero-order valence-corrected chi connectivity index (χ0v) is 10.8. The third-order valence-corrected chi connectivity index (χ3v) is 1.33. The number of carbonyl (C=O) groups is 1.